The van der Waals surface area contributed by atoms with Crippen molar-refractivity contribution >= 4 is 35.9 Å². The lowest BCUT2D eigenvalue weighted by Crippen LogP contribution is -2.51. The van der Waals surface area contributed by atoms with E-state index in [1.807, 2.05) is 0 Å². The molecule has 1 aromatic carbocycles. The van der Waals surface area contributed by atoms with Crippen molar-refractivity contribution in [2.75, 3.05) is 62.6 Å². The molecule has 0 aliphatic carbocycles. The molecule has 1 aromatic heterocycles. The number of carbonyl (C=O) groups excluding carboxylic acids is 1. The van der Waals surface area contributed by atoms with Gasteiger partial charge in [-0.25, -0.2) is 9.97 Å². The van der Waals surface area contributed by atoms with Crippen LogP contribution >= 0.6 is 12.8 Å². The number of nitrogens with zero attached hydrogens (tertiary/aromatic N) is 5. The van der Waals surface area contributed by atoms with Gasteiger partial charge < -0.3 is 21.3 Å². The van der Waals surface area contributed by atoms with Gasteiger partial charge in [-0.15, -0.1) is 0 Å². The van der Waals surface area contributed by atoms with Crippen molar-refractivity contribution in [2.45, 2.75) is 51.0 Å². The van der Waals surface area contributed by atoms with Crippen LogP contribution in [0, 0.1) is 0 Å². The van der Waals surface area contributed by atoms with Crippen LogP contribution in [0.2, 0.25) is 0 Å². The maximum Gasteiger partial charge on any atom is 0.271 e. The number of amides is 1. The van der Waals surface area contributed by atoms with Gasteiger partial charge in [0.2, 0.25) is 0 Å². The molecule has 0 bridgehead atoms. The number of hydrogen-bond donors (Lipinski definition) is 4. The van der Waals surface area contributed by atoms with E-state index >= 15 is 0 Å². The summed E-state index contributed by atoms with van der Waals surface area (Å²) in [7, 11) is 0. The molecule has 0 spiro atoms. The normalized spacial score (nSPS) is 20.8. The van der Waals surface area contributed by atoms with Crippen molar-refractivity contribution in [3.8, 4) is 0 Å². The second-order valence-corrected chi connectivity index (χ2v) is 10.9. The quantitative estimate of drug-likeness (QED) is 0.410. The monoisotopic (exact) mass is 524 g/mol. The first-order valence-electron chi connectivity index (χ1n) is 13.7. The Morgan fingerprint density at radius 2 is 1.70 bits per heavy atom. The summed E-state index contributed by atoms with van der Waals surface area (Å²) < 4.78 is 2.12. The molecule has 4 N–H and O–H groups in total. The molecule has 1 amide bonds. The Morgan fingerprint density at radius 3 is 2.32 bits per heavy atom. The van der Waals surface area contributed by atoms with Crippen molar-refractivity contribution < 1.29 is 4.79 Å². The zero-order valence-electron chi connectivity index (χ0n) is 21.8. The number of benzene rings is 1. The summed E-state index contributed by atoms with van der Waals surface area (Å²) >= 11 is 4.48. The molecule has 200 valence electrons. The maximum absolute atomic E-state index is 12.2. The first-order valence-corrected chi connectivity index (χ1v) is 14.1. The Balaban J connectivity index is 1.26. The molecule has 0 saturated carbocycles. The third-order valence-electron chi connectivity index (χ3n) is 8.06. The third kappa shape index (κ3) is 6.19. The highest BCUT2D eigenvalue weighted by molar-refractivity contribution is 7.77. The smallest absolute Gasteiger partial charge is 0.271 e. The Hall–Kier alpha value is -2.40. The minimum atomic E-state index is -0.558. The average molecular weight is 525 g/mol. The molecule has 3 saturated heterocycles. The number of primary amides is 1. The predicted octanol–water partition coefficient (Wildman–Crippen LogP) is 2.78. The Kier molecular flexibility index (Phi) is 8.49. The summed E-state index contributed by atoms with van der Waals surface area (Å²) in [6.45, 7) is 10.4. The van der Waals surface area contributed by atoms with Gasteiger partial charge in [0.05, 0.1) is 11.4 Å². The van der Waals surface area contributed by atoms with Gasteiger partial charge in [-0.1, -0.05) is 19.7 Å². The number of hydrogen-bond acceptors (Lipinski definition) is 9. The fraction of sp³-hybridized carbons (Fsp3) is 0.593. The van der Waals surface area contributed by atoms with Crippen LogP contribution in [0.5, 0.6) is 0 Å². The minimum Gasteiger partial charge on any atom is -0.371 e. The van der Waals surface area contributed by atoms with Gasteiger partial charge in [0.1, 0.15) is 0 Å². The largest absolute Gasteiger partial charge is 0.371 e. The molecule has 37 heavy (non-hydrogen) atoms. The van der Waals surface area contributed by atoms with Gasteiger partial charge in [-0.3, -0.25) is 14.0 Å². The average Bonchev–Trinajstić information content (AvgIpc) is 2.94. The molecular formula is C27H40N8OS. The molecule has 3 aliphatic heterocycles. The highest BCUT2D eigenvalue weighted by atomic mass is 32.1. The Morgan fingerprint density at radius 1 is 1.03 bits per heavy atom. The Labute approximate surface area is 225 Å². The van der Waals surface area contributed by atoms with Crippen LogP contribution in [0.15, 0.2) is 24.3 Å². The van der Waals surface area contributed by atoms with Crippen molar-refractivity contribution in [2.24, 2.45) is 5.73 Å². The number of aromatic nitrogens is 2. The summed E-state index contributed by atoms with van der Waals surface area (Å²) in [6.07, 6.45) is 5.14. The van der Waals surface area contributed by atoms with Crippen LogP contribution in [-0.2, 0) is 6.42 Å². The molecule has 0 unspecified atom stereocenters. The second-order valence-electron chi connectivity index (χ2n) is 10.4. The van der Waals surface area contributed by atoms with E-state index in [0.717, 1.165) is 88.7 Å². The number of piperazine rings is 1. The number of thiol groups is 1. The molecule has 9 nitrogen and oxygen atoms in total. The first-order chi connectivity index (χ1) is 18.0. The van der Waals surface area contributed by atoms with Crippen LogP contribution in [-0.4, -0.2) is 83.5 Å². The van der Waals surface area contributed by atoms with E-state index < -0.39 is 5.91 Å². The van der Waals surface area contributed by atoms with Crippen LogP contribution in [0.25, 0.3) is 0 Å². The third-order valence-corrected chi connectivity index (χ3v) is 8.46. The number of rotatable bonds is 7. The van der Waals surface area contributed by atoms with Crippen molar-refractivity contribution in [1.29, 1.82) is 0 Å². The SMILES string of the molecule is CCc1nc(C(N)=O)c(Nc2ccc(N3CCC(N4CCN(S)CC4)CC3)cc2)nc1C1CCNCC1. The summed E-state index contributed by atoms with van der Waals surface area (Å²) in [6, 6.07) is 9.07. The van der Waals surface area contributed by atoms with E-state index in [-0.39, 0.29) is 5.69 Å². The van der Waals surface area contributed by atoms with Gasteiger partial charge in [0, 0.05) is 62.6 Å². The summed E-state index contributed by atoms with van der Waals surface area (Å²) in [4.78, 5) is 26.9. The highest BCUT2D eigenvalue weighted by Crippen LogP contribution is 2.30. The summed E-state index contributed by atoms with van der Waals surface area (Å²) in [5.74, 6) is 0.239. The van der Waals surface area contributed by atoms with Gasteiger partial charge in [-0.2, -0.15) is 0 Å². The van der Waals surface area contributed by atoms with Crippen molar-refractivity contribution in [3.05, 3.63) is 41.3 Å². The predicted molar refractivity (Wildman–Crippen MR) is 152 cm³/mol. The lowest BCUT2D eigenvalue weighted by atomic mass is 9.92. The van der Waals surface area contributed by atoms with Gasteiger partial charge in [0.15, 0.2) is 11.5 Å². The van der Waals surface area contributed by atoms with Crippen molar-refractivity contribution in [3.63, 3.8) is 0 Å². The molecule has 4 heterocycles. The van der Waals surface area contributed by atoms with Crippen LogP contribution < -0.4 is 21.3 Å². The summed E-state index contributed by atoms with van der Waals surface area (Å²) in [5.41, 5.74) is 9.88. The molecule has 10 heteroatoms. The molecular weight excluding hydrogens is 484 g/mol. The lowest BCUT2D eigenvalue weighted by molar-refractivity contribution is 0.0996. The van der Waals surface area contributed by atoms with Crippen LogP contribution in [0.4, 0.5) is 17.2 Å². The fourth-order valence-corrected chi connectivity index (χ4v) is 6.06. The Bertz CT molecular complexity index is 1060. The number of anilines is 3. The molecule has 0 atom stereocenters. The maximum atomic E-state index is 12.2. The molecule has 5 rings (SSSR count). The van der Waals surface area contributed by atoms with Gasteiger partial charge in [-0.05, 0) is 69.5 Å². The minimum absolute atomic E-state index is 0.208. The number of nitrogens with one attached hydrogen (secondary N) is 2. The molecule has 0 radical (unpaired) electrons. The standard InChI is InChI=1S/C27H40N8OS/c1-2-23-24(19-7-11-29-12-8-19)32-27(25(31-23)26(28)36)30-20-3-5-21(6-4-20)33-13-9-22(10-14-33)34-15-17-35(37)18-16-34/h3-6,19,22,29,37H,2,7-18H2,1H3,(H2,28,36)(H,30,32). The molecule has 3 fully saturated rings. The van der Waals surface area contributed by atoms with E-state index in [1.54, 1.807) is 0 Å². The first kappa shape index (κ1) is 26.2. The van der Waals surface area contributed by atoms with E-state index in [4.69, 9.17) is 10.7 Å². The van der Waals surface area contributed by atoms with E-state index in [9.17, 15) is 4.79 Å². The zero-order chi connectivity index (χ0) is 25.8. The van der Waals surface area contributed by atoms with Gasteiger partial charge >= 0.3 is 0 Å². The van der Waals surface area contributed by atoms with Crippen LogP contribution in [0.1, 0.15) is 60.4 Å². The number of piperidine rings is 2. The number of nitrogens with two attached hydrogens (primary N) is 1. The summed E-state index contributed by atoms with van der Waals surface area (Å²) in [5, 5.41) is 6.75. The topological polar surface area (TPSA) is 103 Å². The van der Waals surface area contributed by atoms with Gasteiger partial charge in [0.25, 0.3) is 5.91 Å². The van der Waals surface area contributed by atoms with Crippen molar-refractivity contribution in [1.82, 2.24) is 24.5 Å². The highest BCUT2D eigenvalue weighted by Gasteiger charge is 2.27. The lowest BCUT2D eigenvalue weighted by Gasteiger charge is -2.42. The number of carbonyl (C=O) groups is 1. The second kappa shape index (κ2) is 12.0. The fourth-order valence-electron chi connectivity index (χ4n) is 5.88. The molecule has 2 aromatic rings. The van der Waals surface area contributed by atoms with Crippen LogP contribution in [0.3, 0.4) is 0 Å². The zero-order valence-corrected chi connectivity index (χ0v) is 22.7. The van der Waals surface area contributed by atoms with E-state index in [1.165, 1.54) is 18.5 Å². The van der Waals surface area contributed by atoms with E-state index in [0.29, 0.717) is 17.8 Å². The number of aryl methyl sites for hydroxylation is 1. The van der Waals surface area contributed by atoms with E-state index in [2.05, 4.69) is 73.7 Å². The molecule has 3 aliphatic rings.